The van der Waals surface area contributed by atoms with Crippen LogP contribution in [0.15, 0.2) is 61.3 Å². The van der Waals surface area contributed by atoms with Crippen molar-refractivity contribution < 1.29 is 9.53 Å². The third-order valence-corrected chi connectivity index (χ3v) is 5.55. The standard InChI is InChI=1S/C27H34N8O2/c1-7-26(36)31-21-16-22(24(37-6)17-23(21)35(5)15-14-34(3)4)32-27-29-13-12-25(33-27)30-20-11-9-8-10-19(20)18(2)28/h7-13,16-17,28H,1,14-15H2,2-6H3,(H,31,36)(H2,29,30,32,33). The van der Waals surface area contributed by atoms with Crippen LogP contribution in [-0.4, -0.2) is 67.8 Å². The van der Waals surface area contributed by atoms with Gasteiger partial charge in [-0.25, -0.2) is 4.98 Å². The highest BCUT2D eigenvalue weighted by Gasteiger charge is 2.16. The molecule has 0 bridgehead atoms. The molecule has 1 aromatic heterocycles. The highest BCUT2D eigenvalue weighted by atomic mass is 16.5. The molecule has 0 fully saturated rings. The SMILES string of the molecule is C=CC(=O)Nc1cc(Nc2nccc(Nc3ccccc3C(C)=N)n2)c(OC)cc1N(C)CCN(C)C. The van der Waals surface area contributed by atoms with E-state index in [0.29, 0.717) is 34.6 Å². The van der Waals surface area contributed by atoms with Gasteiger partial charge in [-0.1, -0.05) is 24.8 Å². The quantitative estimate of drug-likeness (QED) is 0.211. The third kappa shape index (κ3) is 7.28. The van der Waals surface area contributed by atoms with Crippen LogP contribution in [0.25, 0.3) is 0 Å². The van der Waals surface area contributed by atoms with Crippen molar-refractivity contribution in [2.75, 3.05) is 62.2 Å². The lowest BCUT2D eigenvalue weighted by Gasteiger charge is -2.26. The zero-order chi connectivity index (χ0) is 26.9. The van der Waals surface area contributed by atoms with E-state index < -0.39 is 0 Å². The highest BCUT2D eigenvalue weighted by molar-refractivity contribution is 6.02. The second-order valence-corrected chi connectivity index (χ2v) is 8.67. The number of amides is 1. The Morgan fingerprint density at radius 3 is 2.51 bits per heavy atom. The molecule has 4 N–H and O–H groups in total. The molecular formula is C27H34N8O2. The number of hydrogen-bond acceptors (Lipinski definition) is 9. The number of likely N-dealkylation sites (N-methyl/N-ethyl adjacent to an activating group) is 2. The Labute approximate surface area is 217 Å². The van der Waals surface area contributed by atoms with Crippen molar-refractivity contribution in [3.8, 4) is 5.75 Å². The zero-order valence-electron chi connectivity index (χ0n) is 21.9. The van der Waals surface area contributed by atoms with Gasteiger partial charge in [-0.15, -0.1) is 0 Å². The van der Waals surface area contributed by atoms with Gasteiger partial charge in [-0.3, -0.25) is 4.79 Å². The van der Waals surface area contributed by atoms with Crippen LogP contribution in [0.3, 0.4) is 0 Å². The summed E-state index contributed by atoms with van der Waals surface area (Å²) in [6.45, 7) is 6.88. The summed E-state index contributed by atoms with van der Waals surface area (Å²) >= 11 is 0. The number of ether oxygens (including phenoxy) is 1. The summed E-state index contributed by atoms with van der Waals surface area (Å²) in [4.78, 5) is 25.2. The van der Waals surface area contributed by atoms with Crippen LogP contribution in [0.5, 0.6) is 5.75 Å². The summed E-state index contributed by atoms with van der Waals surface area (Å²) in [5, 5.41) is 17.4. The van der Waals surface area contributed by atoms with E-state index in [9.17, 15) is 4.79 Å². The fraction of sp³-hybridized carbons (Fsp3) is 0.259. The summed E-state index contributed by atoms with van der Waals surface area (Å²) < 4.78 is 5.66. The fourth-order valence-electron chi connectivity index (χ4n) is 3.57. The van der Waals surface area contributed by atoms with Gasteiger partial charge < -0.3 is 35.9 Å². The first-order chi connectivity index (χ1) is 17.7. The number of nitrogens with one attached hydrogen (secondary N) is 4. The second-order valence-electron chi connectivity index (χ2n) is 8.67. The molecule has 0 spiro atoms. The number of carbonyl (C=O) groups excluding carboxylic acids is 1. The van der Waals surface area contributed by atoms with Gasteiger partial charge in [0.2, 0.25) is 11.9 Å². The minimum Gasteiger partial charge on any atom is -0.494 e. The Bertz CT molecular complexity index is 1280. The van der Waals surface area contributed by atoms with Gasteiger partial charge in [0.15, 0.2) is 0 Å². The first kappa shape index (κ1) is 27.2. The molecule has 10 heteroatoms. The molecule has 3 aromatic rings. The van der Waals surface area contributed by atoms with Crippen molar-refractivity contribution >= 4 is 46.1 Å². The van der Waals surface area contributed by atoms with Crippen molar-refractivity contribution in [2.24, 2.45) is 0 Å². The van der Waals surface area contributed by atoms with Gasteiger partial charge in [-0.2, -0.15) is 4.98 Å². The number of hydrogen-bond donors (Lipinski definition) is 4. The van der Waals surface area contributed by atoms with E-state index in [4.69, 9.17) is 10.1 Å². The lowest BCUT2D eigenvalue weighted by atomic mass is 10.1. The Morgan fingerprint density at radius 2 is 1.84 bits per heavy atom. The molecule has 0 aliphatic rings. The van der Waals surface area contributed by atoms with Crippen molar-refractivity contribution in [2.45, 2.75) is 6.92 Å². The van der Waals surface area contributed by atoms with Crippen LogP contribution in [0.2, 0.25) is 0 Å². The molecule has 0 aliphatic carbocycles. The number of anilines is 6. The predicted molar refractivity (Wildman–Crippen MR) is 151 cm³/mol. The van der Waals surface area contributed by atoms with Crippen LogP contribution in [0, 0.1) is 5.41 Å². The molecule has 3 rings (SSSR count). The Hall–Kier alpha value is -4.44. The van der Waals surface area contributed by atoms with E-state index in [1.165, 1.54) is 6.08 Å². The van der Waals surface area contributed by atoms with Crippen LogP contribution < -0.4 is 25.6 Å². The van der Waals surface area contributed by atoms with Crippen molar-refractivity contribution in [3.05, 3.63) is 66.9 Å². The first-order valence-electron chi connectivity index (χ1n) is 11.7. The molecule has 2 aromatic carbocycles. The molecule has 37 heavy (non-hydrogen) atoms. The van der Waals surface area contributed by atoms with Crippen LogP contribution in [0.1, 0.15) is 12.5 Å². The third-order valence-electron chi connectivity index (χ3n) is 5.55. The van der Waals surface area contributed by atoms with Crippen molar-refractivity contribution in [3.63, 3.8) is 0 Å². The molecule has 0 aliphatic heterocycles. The molecule has 0 saturated heterocycles. The average molecular weight is 503 g/mol. The molecule has 0 unspecified atom stereocenters. The lowest BCUT2D eigenvalue weighted by Crippen LogP contribution is -2.29. The van der Waals surface area contributed by atoms with Crippen LogP contribution >= 0.6 is 0 Å². The first-order valence-corrected chi connectivity index (χ1v) is 11.7. The van der Waals surface area contributed by atoms with Crippen LogP contribution in [-0.2, 0) is 4.79 Å². The monoisotopic (exact) mass is 502 g/mol. The molecule has 0 saturated carbocycles. The summed E-state index contributed by atoms with van der Waals surface area (Å²) in [5.74, 6) is 1.14. The van der Waals surface area contributed by atoms with E-state index in [0.717, 1.165) is 30.0 Å². The summed E-state index contributed by atoms with van der Waals surface area (Å²) in [7, 11) is 7.56. The fourth-order valence-corrected chi connectivity index (χ4v) is 3.57. The highest BCUT2D eigenvalue weighted by Crippen LogP contribution is 2.38. The van der Waals surface area contributed by atoms with Gasteiger partial charge in [0.05, 0.1) is 24.2 Å². The molecule has 10 nitrogen and oxygen atoms in total. The maximum Gasteiger partial charge on any atom is 0.247 e. The molecule has 0 atom stereocenters. The van der Waals surface area contributed by atoms with Gasteiger partial charge in [0.25, 0.3) is 0 Å². The lowest BCUT2D eigenvalue weighted by molar-refractivity contribution is -0.111. The maximum absolute atomic E-state index is 12.2. The van der Waals surface area contributed by atoms with Gasteiger partial charge in [0, 0.05) is 49.4 Å². The van der Waals surface area contributed by atoms with E-state index in [2.05, 4.69) is 42.3 Å². The molecule has 194 valence electrons. The number of para-hydroxylation sites is 1. The summed E-state index contributed by atoms with van der Waals surface area (Å²) in [6, 6.07) is 13.0. The minimum absolute atomic E-state index is 0.319. The normalized spacial score (nSPS) is 10.5. The minimum atomic E-state index is -0.319. The summed E-state index contributed by atoms with van der Waals surface area (Å²) in [5.41, 5.74) is 3.99. The van der Waals surface area contributed by atoms with Crippen LogP contribution in [0.4, 0.5) is 34.5 Å². The van der Waals surface area contributed by atoms with E-state index in [1.807, 2.05) is 51.5 Å². The number of rotatable bonds is 12. The molecule has 1 amide bonds. The van der Waals surface area contributed by atoms with Gasteiger partial charge in [0.1, 0.15) is 11.6 Å². The topological polar surface area (TPSA) is 118 Å². The zero-order valence-corrected chi connectivity index (χ0v) is 21.9. The smallest absolute Gasteiger partial charge is 0.247 e. The maximum atomic E-state index is 12.2. The Kier molecular flexibility index (Phi) is 9.17. The Morgan fingerprint density at radius 1 is 1.08 bits per heavy atom. The number of benzene rings is 2. The molecule has 0 radical (unpaired) electrons. The molecule has 1 heterocycles. The number of methoxy groups -OCH3 is 1. The van der Waals surface area contributed by atoms with Gasteiger partial charge >= 0.3 is 0 Å². The molecular weight excluding hydrogens is 468 g/mol. The van der Waals surface area contributed by atoms with E-state index in [1.54, 1.807) is 32.4 Å². The number of carbonyl (C=O) groups is 1. The number of aromatic nitrogens is 2. The van der Waals surface area contributed by atoms with Crippen molar-refractivity contribution in [1.29, 1.82) is 5.41 Å². The average Bonchev–Trinajstić information content (AvgIpc) is 2.87. The predicted octanol–water partition coefficient (Wildman–Crippen LogP) is 4.48. The van der Waals surface area contributed by atoms with E-state index in [-0.39, 0.29) is 5.91 Å². The van der Waals surface area contributed by atoms with Gasteiger partial charge in [-0.05, 0) is 45.3 Å². The largest absolute Gasteiger partial charge is 0.494 e. The summed E-state index contributed by atoms with van der Waals surface area (Å²) in [6.07, 6.45) is 2.86. The number of nitrogens with zero attached hydrogens (tertiary/aromatic N) is 4. The van der Waals surface area contributed by atoms with Crippen molar-refractivity contribution in [1.82, 2.24) is 14.9 Å². The van der Waals surface area contributed by atoms with E-state index >= 15 is 0 Å². The second kappa shape index (κ2) is 12.5. The Balaban J connectivity index is 1.93.